The van der Waals surface area contributed by atoms with E-state index in [1.54, 1.807) is 0 Å². The van der Waals surface area contributed by atoms with Crippen LogP contribution in [0.3, 0.4) is 0 Å². The highest BCUT2D eigenvalue weighted by Crippen LogP contribution is 2.33. The number of hydrogen-bond donors (Lipinski definition) is 1. The van der Waals surface area contributed by atoms with Gasteiger partial charge in [0.1, 0.15) is 11.5 Å². The maximum absolute atomic E-state index is 13.0. The molecule has 1 aliphatic heterocycles. The molecule has 2 rings (SSSR count). The third-order valence-corrected chi connectivity index (χ3v) is 4.38. The van der Waals surface area contributed by atoms with Gasteiger partial charge in [0.25, 0.3) is 0 Å². The van der Waals surface area contributed by atoms with Crippen molar-refractivity contribution in [3.05, 3.63) is 23.7 Å². The van der Waals surface area contributed by atoms with Gasteiger partial charge in [-0.2, -0.15) is 0 Å². The topological polar surface area (TPSA) is 45.5 Å². The molecule has 112 valence electrons. The molecule has 2 heterocycles. The molecule has 1 saturated heterocycles. The van der Waals surface area contributed by atoms with E-state index in [1.165, 1.54) is 0 Å². The summed E-state index contributed by atoms with van der Waals surface area (Å²) in [6, 6.07) is 4.09. The largest absolute Gasteiger partial charge is 0.464 e. The number of aryl methyl sites for hydroxylation is 1. The van der Waals surface area contributed by atoms with Crippen molar-refractivity contribution in [1.82, 2.24) is 10.2 Å². The fourth-order valence-corrected chi connectivity index (χ4v) is 2.91. The molecule has 0 spiro atoms. The number of nitrogens with one attached hydrogen (secondary N) is 1. The summed E-state index contributed by atoms with van der Waals surface area (Å²) in [6.07, 6.45) is 1.82. The molecule has 1 N–H and O–H groups in total. The molecule has 4 nitrogen and oxygen atoms in total. The van der Waals surface area contributed by atoms with Gasteiger partial charge in [-0.25, -0.2) is 0 Å². The molecule has 1 aromatic heterocycles. The fraction of sp³-hybridized carbons (Fsp3) is 0.688. The van der Waals surface area contributed by atoms with Crippen LogP contribution in [0.25, 0.3) is 0 Å². The molecule has 1 atom stereocenters. The first-order valence-corrected chi connectivity index (χ1v) is 7.55. The van der Waals surface area contributed by atoms with Gasteiger partial charge in [-0.15, -0.1) is 0 Å². The van der Waals surface area contributed by atoms with Crippen LogP contribution < -0.4 is 5.32 Å². The molecule has 4 heteroatoms. The van der Waals surface area contributed by atoms with Crippen molar-refractivity contribution in [2.24, 2.45) is 5.41 Å². The lowest BCUT2D eigenvalue weighted by atomic mass is 9.82. The lowest BCUT2D eigenvalue weighted by Crippen LogP contribution is -2.47. The summed E-state index contributed by atoms with van der Waals surface area (Å²) in [6.45, 7) is 10.5. The van der Waals surface area contributed by atoms with E-state index in [2.05, 4.69) is 26.1 Å². The first kappa shape index (κ1) is 15.1. The SMILES string of the molecule is CCC1(C(=O)N(Cc2ccc(C)o2)C(C)C)CCNC1. The maximum atomic E-state index is 13.0. The second-order valence-electron chi connectivity index (χ2n) is 6.10. The van der Waals surface area contributed by atoms with E-state index in [0.717, 1.165) is 37.5 Å². The van der Waals surface area contributed by atoms with Crippen LogP contribution in [0.5, 0.6) is 0 Å². The fourth-order valence-electron chi connectivity index (χ4n) is 2.91. The Balaban J connectivity index is 2.17. The Morgan fingerprint density at radius 1 is 1.50 bits per heavy atom. The maximum Gasteiger partial charge on any atom is 0.230 e. The summed E-state index contributed by atoms with van der Waals surface area (Å²) < 4.78 is 5.63. The average Bonchev–Trinajstić information content (AvgIpc) is 3.04. The molecular formula is C16H26N2O2. The molecular weight excluding hydrogens is 252 g/mol. The van der Waals surface area contributed by atoms with Crippen molar-refractivity contribution in [1.29, 1.82) is 0 Å². The summed E-state index contributed by atoms with van der Waals surface area (Å²) >= 11 is 0. The van der Waals surface area contributed by atoms with Gasteiger partial charge in [-0.05, 0) is 52.3 Å². The number of hydrogen-bond acceptors (Lipinski definition) is 3. The highest BCUT2D eigenvalue weighted by Gasteiger charge is 2.42. The molecule has 1 fully saturated rings. The third-order valence-electron chi connectivity index (χ3n) is 4.38. The van der Waals surface area contributed by atoms with Gasteiger partial charge in [-0.3, -0.25) is 4.79 Å². The minimum atomic E-state index is -0.230. The minimum Gasteiger partial charge on any atom is -0.464 e. The molecule has 0 aliphatic carbocycles. The Bertz CT molecular complexity index is 459. The Kier molecular flexibility index (Phi) is 4.53. The highest BCUT2D eigenvalue weighted by atomic mass is 16.3. The predicted octanol–water partition coefficient (Wildman–Crippen LogP) is 2.71. The Morgan fingerprint density at radius 3 is 2.70 bits per heavy atom. The molecule has 0 bridgehead atoms. The van der Waals surface area contributed by atoms with E-state index in [4.69, 9.17) is 4.42 Å². The van der Waals surface area contributed by atoms with Gasteiger partial charge in [-0.1, -0.05) is 6.92 Å². The molecule has 1 aliphatic rings. The Labute approximate surface area is 121 Å². The van der Waals surface area contributed by atoms with Crippen LogP contribution >= 0.6 is 0 Å². The molecule has 1 aromatic rings. The summed E-state index contributed by atoms with van der Waals surface area (Å²) in [5.41, 5.74) is -0.230. The monoisotopic (exact) mass is 278 g/mol. The van der Waals surface area contributed by atoms with Crippen LogP contribution in [0.15, 0.2) is 16.5 Å². The number of rotatable bonds is 5. The predicted molar refractivity (Wildman–Crippen MR) is 79.3 cm³/mol. The van der Waals surface area contributed by atoms with Gasteiger partial charge >= 0.3 is 0 Å². The van der Waals surface area contributed by atoms with Crippen molar-refractivity contribution >= 4 is 5.91 Å². The van der Waals surface area contributed by atoms with Crippen molar-refractivity contribution in [3.8, 4) is 0 Å². The van der Waals surface area contributed by atoms with Crippen molar-refractivity contribution in [2.75, 3.05) is 13.1 Å². The van der Waals surface area contributed by atoms with Crippen LogP contribution in [-0.2, 0) is 11.3 Å². The van der Waals surface area contributed by atoms with Gasteiger partial charge in [0.15, 0.2) is 0 Å². The number of furan rings is 1. The standard InChI is InChI=1S/C16H26N2O2/c1-5-16(8-9-17-11-16)15(19)18(12(2)3)10-14-7-6-13(4)20-14/h6-7,12,17H,5,8-11H2,1-4H3. The number of amides is 1. The van der Waals surface area contributed by atoms with Crippen molar-refractivity contribution in [3.63, 3.8) is 0 Å². The van der Waals surface area contributed by atoms with E-state index in [0.29, 0.717) is 6.54 Å². The van der Waals surface area contributed by atoms with E-state index in [1.807, 2.05) is 24.0 Å². The summed E-state index contributed by atoms with van der Waals surface area (Å²) in [5, 5.41) is 3.34. The van der Waals surface area contributed by atoms with Gasteiger partial charge in [0.05, 0.1) is 12.0 Å². The van der Waals surface area contributed by atoms with E-state index in [-0.39, 0.29) is 17.4 Å². The highest BCUT2D eigenvalue weighted by molar-refractivity contribution is 5.83. The van der Waals surface area contributed by atoms with Gasteiger partial charge in [0, 0.05) is 12.6 Å². The molecule has 0 saturated carbocycles. The first-order valence-electron chi connectivity index (χ1n) is 7.55. The summed E-state index contributed by atoms with van der Waals surface area (Å²) in [7, 11) is 0. The lowest BCUT2D eigenvalue weighted by molar-refractivity contribution is -0.144. The van der Waals surface area contributed by atoms with E-state index in [9.17, 15) is 4.79 Å². The minimum absolute atomic E-state index is 0.178. The van der Waals surface area contributed by atoms with E-state index < -0.39 is 0 Å². The van der Waals surface area contributed by atoms with Gasteiger partial charge in [0.2, 0.25) is 5.91 Å². The normalized spacial score (nSPS) is 22.4. The zero-order chi connectivity index (χ0) is 14.8. The molecule has 0 aromatic carbocycles. The van der Waals surface area contributed by atoms with Crippen molar-refractivity contribution < 1.29 is 9.21 Å². The zero-order valence-electron chi connectivity index (χ0n) is 13.0. The average molecular weight is 278 g/mol. The van der Waals surface area contributed by atoms with Gasteiger partial charge < -0.3 is 14.6 Å². The first-order chi connectivity index (χ1) is 9.48. The van der Waals surface area contributed by atoms with Crippen LogP contribution in [0, 0.1) is 12.3 Å². The molecule has 1 unspecified atom stereocenters. The Morgan fingerprint density at radius 2 is 2.25 bits per heavy atom. The molecule has 1 amide bonds. The second-order valence-corrected chi connectivity index (χ2v) is 6.10. The molecule has 0 radical (unpaired) electrons. The smallest absolute Gasteiger partial charge is 0.230 e. The zero-order valence-corrected chi connectivity index (χ0v) is 13.0. The second kappa shape index (κ2) is 6.00. The Hall–Kier alpha value is -1.29. The quantitative estimate of drug-likeness (QED) is 0.900. The van der Waals surface area contributed by atoms with Crippen LogP contribution in [-0.4, -0.2) is 29.9 Å². The van der Waals surface area contributed by atoms with Crippen LogP contribution in [0.2, 0.25) is 0 Å². The number of carbonyl (C=O) groups is 1. The van der Waals surface area contributed by atoms with Crippen LogP contribution in [0.4, 0.5) is 0 Å². The summed E-state index contributed by atoms with van der Waals surface area (Å²) in [4.78, 5) is 14.9. The lowest BCUT2D eigenvalue weighted by Gasteiger charge is -2.35. The third kappa shape index (κ3) is 2.90. The van der Waals surface area contributed by atoms with Crippen LogP contribution in [0.1, 0.15) is 45.1 Å². The summed E-state index contributed by atoms with van der Waals surface area (Å²) in [5.74, 6) is 2.01. The van der Waals surface area contributed by atoms with E-state index >= 15 is 0 Å². The number of nitrogens with zero attached hydrogens (tertiary/aromatic N) is 1. The molecule has 20 heavy (non-hydrogen) atoms. The van der Waals surface area contributed by atoms with Crippen molar-refractivity contribution in [2.45, 2.75) is 53.1 Å². The number of carbonyl (C=O) groups excluding carboxylic acids is 1.